The maximum absolute atomic E-state index is 12.5. The molecule has 1 fully saturated rings. The standard InChI is InChI=1S/C20H25N5O2/c1-14-11-15(2)22-20(21-14)24-23-19(27)17-9-6-10-25(13-17)18(26)12-16-7-4-3-5-8-16/h3-5,7-8,11,17H,6,9-10,12-13H2,1-2H3,(H,23,27)(H,21,22,24). The normalized spacial score (nSPS) is 16.7. The van der Waals surface area contributed by atoms with E-state index in [1.54, 1.807) is 4.90 Å². The lowest BCUT2D eigenvalue weighted by Gasteiger charge is -2.32. The number of aromatic nitrogens is 2. The predicted octanol–water partition coefficient (Wildman–Crippen LogP) is 2.02. The van der Waals surface area contributed by atoms with E-state index in [0.29, 0.717) is 25.5 Å². The second kappa shape index (κ2) is 8.62. The molecule has 1 aromatic heterocycles. The Balaban J connectivity index is 1.53. The highest BCUT2D eigenvalue weighted by molar-refractivity contribution is 5.82. The van der Waals surface area contributed by atoms with Crippen molar-refractivity contribution in [2.24, 2.45) is 5.92 Å². The Hall–Kier alpha value is -2.96. The van der Waals surface area contributed by atoms with Crippen LogP contribution < -0.4 is 10.9 Å². The van der Waals surface area contributed by atoms with Crippen LogP contribution in [-0.2, 0) is 16.0 Å². The van der Waals surface area contributed by atoms with Gasteiger partial charge < -0.3 is 4.90 Å². The average molecular weight is 367 g/mol. The van der Waals surface area contributed by atoms with Crippen LogP contribution in [0.3, 0.4) is 0 Å². The van der Waals surface area contributed by atoms with Gasteiger partial charge in [-0.1, -0.05) is 30.3 Å². The van der Waals surface area contributed by atoms with E-state index in [0.717, 1.165) is 29.8 Å². The van der Waals surface area contributed by atoms with Crippen molar-refractivity contribution in [1.29, 1.82) is 0 Å². The fourth-order valence-corrected chi connectivity index (χ4v) is 3.30. The van der Waals surface area contributed by atoms with Crippen LogP contribution in [0.5, 0.6) is 0 Å². The number of rotatable bonds is 5. The van der Waals surface area contributed by atoms with Crippen molar-refractivity contribution in [1.82, 2.24) is 20.3 Å². The Labute approximate surface area is 159 Å². The SMILES string of the molecule is Cc1cc(C)nc(NNC(=O)C2CCCN(C(=O)Cc3ccccc3)C2)n1. The summed E-state index contributed by atoms with van der Waals surface area (Å²) in [7, 11) is 0. The van der Waals surface area contributed by atoms with Crippen LogP contribution >= 0.6 is 0 Å². The van der Waals surface area contributed by atoms with Gasteiger partial charge in [0.25, 0.3) is 0 Å². The Morgan fingerprint density at radius 2 is 1.85 bits per heavy atom. The molecule has 2 aromatic rings. The Morgan fingerprint density at radius 1 is 1.15 bits per heavy atom. The van der Waals surface area contributed by atoms with Gasteiger partial charge >= 0.3 is 0 Å². The molecule has 0 saturated carbocycles. The molecule has 1 aliphatic heterocycles. The van der Waals surface area contributed by atoms with Crippen LogP contribution in [0.2, 0.25) is 0 Å². The smallest absolute Gasteiger partial charge is 0.243 e. The zero-order valence-corrected chi connectivity index (χ0v) is 15.7. The molecule has 2 amide bonds. The number of aryl methyl sites for hydroxylation is 2. The molecular formula is C20H25N5O2. The molecule has 7 nitrogen and oxygen atoms in total. The van der Waals surface area contributed by atoms with Crippen LogP contribution in [0.15, 0.2) is 36.4 Å². The molecule has 2 N–H and O–H groups in total. The molecule has 0 bridgehead atoms. The van der Waals surface area contributed by atoms with Gasteiger partial charge in [-0.25, -0.2) is 9.97 Å². The quantitative estimate of drug-likeness (QED) is 0.790. The molecule has 1 unspecified atom stereocenters. The molecule has 0 spiro atoms. The fraction of sp³-hybridized carbons (Fsp3) is 0.400. The van der Waals surface area contributed by atoms with Gasteiger partial charge in [-0.05, 0) is 38.3 Å². The monoisotopic (exact) mass is 367 g/mol. The molecule has 1 saturated heterocycles. The van der Waals surface area contributed by atoms with Gasteiger partial charge in [-0.2, -0.15) is 0 Å². The summed E-state index contributed by atoms with van der Waals surface area (Å²) in [6.07, 6.45) is 1.94. The summed E-state index contributed by atoms with van der Waals surface area (Å²) in [4.78, 5) is 35.3. The number of hydrazine groups is 1. The van der Waals surface area contributed by atoms with Crippen molar-refractivity contribution in [3.8, 4) is 0 Å². The first-order valence-corrected chi connectivity index (χ1v) is 9.21. The molecule has 7 heteroatoms. The highest BCUT2D eigenvalue weighted by Gasteiger charge is 2.28. The average Bonchev–Trinajstić information content (AvgIpc) is 2.66. The maximum Gasteiger partial charge on any atom is 0.243 e. The van der Waals surface area contributed by atoms with E-state index in [4.69, 9.17) is 0 Å². The van der Waals surface area contributed by atoms with E-state index in [9.17, 15) is 9.59 Å². The lowest BCUT2D eigenvalue weighted by molar-refractivity contribution is -0.135. The molecule has 0 aliphatic carbocycles. The Bertz CT molecular complexity index is 789. The number of benzene rings is 1. The molecule has 142 valence electrons. The number of hydrogen-bond acceptors (Lipinski definition) is 5. The molecule has 0 radical (unpaired) electrons. The number of nitrogens with one attached hydrogen (secondary N) is 2. The second-order valence-electron chi connectivity index (χ2n) is 6.93. The number of piperidine rings is 1. The third-order valence-electron chi connectivity index (χ3n) is 4.62. The summed E-state index contributed by atoms with van der Waals surface area (Å²) in [5.74, 6) is 0.0461. The summed E-state index contributed by atoms with van der Waals surface area (Å²) in [6, 6.07) is 11.5. The minimum Gasteiger partial charge on any atom is -0.342 e. The predicted molar refractivity (Wildman–Crippen MR) is 103 cm³/mol. The highest BCUT2D eigenvalue weighted by Crippen LogP contribution is 2.18. The van der Waals surface area contributed by atoms with Crippen molar-refractivity contribution in [3.63, 3.8) is 0 Å². The lowest BCUT2D eigenvalue weighted by Crippen LogP contribution is -2.47. The number of likely N-dealkylation sites (tertiary alicyclic amines) is 1. The summed E-state index contributed by atoms with van der Waals surface area (Å²) < 4.78 is 0. The zero-order chi connectivity index (χ0) is 19.2. The first-order valence-electron chi connectivity index (χ1n) is 9.21. The second-order valence-corrected chi connectivity index (χ2v) is 6.93. The van der Waals surface area contributed by atoms with E-state index < -0.39 is 0 Å². The van der Waals surface area contributed by atoms with Gasteiger partial charge in [0, 0.05) is 24.5 Å². The van der Waals surface area contributed by atoms with Gasteiger partial charge in [-0.3, -0.25) is 20.4 Å². The van der Waals surface area contributed by atoms with Crippen LogP contribution in [-0.4, -0.2) is 39.8 Å². The zero-order valence-electron chi connectivity index (χ0n) is 15.7. The highest BCUT2D eigenvalue weighted by atomic mass is 16.2. The first kappa shape index (κ1) is 18.8. The van der Waals surface area contributed by atoms with Crippen LogP contribution in [0.25, 0.3) is 0 Å². The molecule has 1 aromatic carbocycles. The molecule has 2 heterocycles. The third kappa shape index (κ3) is 5.26. The number of carbonyl (C=O) groups excluding carboxylic acids is 2. The third-order valence-corrected chi connectivity index (χ3v) is 4.62. The molecular weight excluding hydrogens is 342 g/mol. The van der Waals surface area contributed by atoms with Gasteiger partial charge in [0.2, 0.25) is 17.8 Å². The minimum atomic E-state index is -0.239. The molecule has 27 heavy (non-hydrogen) atoms. The van der Waals surface area contributed by atoms with E-state index in [2.05, 4.69) is 20.8 Å². The van der Waals surface area contributed by atoms with Gasteiger partial charge in [0.15, 0.2) is 0 Å². The van der Waals surface area contributed by atoms with Crippen molar-refractivity contribution in [3.05, 3.63) is 53.3 Å². The summed E-state index contributed by atoms with van der Waals surface area (Å²) >= 11 is 0. The number of carbonyl (C=O) groups is 2. The number of hydrogen-bond donors (Lipinski definition) is 2. The Morgan fingerprint density at radius 3 is 2.56 bits per heavy atom. The summed E-state index contributed by atoms with van der Waals surface area (Å²) in [6.45, 7) is 4.88. The topological polar surface area (TPSA) is 87.2 Å². The van der Waals surface area contributed by atoms with Crippen LogP contribution in [0.1, 0.15) is 29.8 Å². The van der Waals surface area contributed by atoms with Gasteiger partial charge in [0.05, 0.1) is 12.3 Å². The van der Waals surface area contributed by atoms with E-state index in [-0.39, 0.29) is 17.7 Å². The lowest BCUT2D eigenvalue weighted by atomic mass is 9.97. The largest absolute Gasteiger partial charge is 0.342 e. The molecule has 3 rings (SSSR count). The van der Waals surface area contributed by atoms with Gasteiger partial charge in [-0.15, -0.1) is 0 Å². The van der Waals surface area contributed by atoms with Crippen molar-refractivity contribution in [2.75, 3.05) is 18.5 Å². The van der Waals surface area contributed by atoms with Crippen LogP contribution in [0.4, 0.5) is 5.95 Å². The summed E-state index contributed by atoms with van der Waals surface area (Å²) in [5, 5.41) is 0. The number of amides is 2. The van der Waals surface area contributed by atoms with E-state index in [1.807, 2.05) is 50.2 Å². The van der Waals surface area contributed by atoms with Crippen molar-refractivity contribution >= 4 is 17.8 Å². The molecule has 1 atom stereocenters. The minimum absolute atomic E-state index is 0.0595. The maximum atomic E-state index is 12.5. The van der Waals surface area contributed by atoms with E-state index >= 15 is 0 Å². The number of nitrogens with zero attached hydrogens (tertiary/aromatic N) is 3. The summed E-state index contributed by atoms with van der Waals surface area (Å²) in [5.41, 5.74) is 8.11. The fourth-order valence-electron chi connectivity index (χ4n) is 3.30. The van der Waals surface area contributed by atoms with Crippen LogP contribution in [0, 0.1) is 19.8 Å². The Kier molecular flexibility index (Phi) is 6.01. The van der Waals surface area contributed by atoms with Crippen molar-refractivity contribution < 1.29 is 9.59 Å². The van der Waals surface area contributed by atoms with E-state index in [1.165, 1.54) is 0 Å². The number of anilines is 1. The molecule has 1 aliphatic rings. The van der Waals surface area contributed by atoms with Gasteiger partial charge in [0.1, 0.15) is 0 Å². The van der Waals surface area contributed by atoms with Crippen molar-refractivity contribution in [2.45, 2.75) is 33.1 Å². The first-order chi connectivity index (χ1) is 13.0.